The first kappa shape index (κ1) is 35.1. The number of hydrogen-bond acceptors (Lipinski definition) is 8. The molecular weight excluding hydrogens is 698 g/mol. The van der Waals surface area contributed by atoms with Crippen molar-refractivity contribution in [3.05, 3.63) is 121 Å². The molecule has 0 amide bonds. The lowest BCUT2D eigenvalue weighted by Crippen LogP contribution is -2.21. The van der Waals surface area contributed by atoms with Crippen molar-refractivity contribution in [2.24, 2.45) is 5.73 Å². The van der Waals surface area contributed by atoms with Gasteiger partial charge in [0.1, 0.15) is 29.7 Å². The third-order valence-electron chi connectivity index (χ3n) is 7.38. The lowest BCUT2D eigenvalue weighted by molar-refractivity contribution is 0.0734. The van der Waals surface area contributed by atoms with Gasteiger partial charge in [-0.1, -0.05) is 77.9 Å². The van der Waals surface area contributed by atoms with Gasteiger partial charge in [0, 0.05) is 27.2 Å². The zero-order chi connectivity index (χ0) is 34.4. The number of rotatable bonds is 12. The average Bonchev–Trinajstić information content (AvgIpc) is 3.05. The second-order valence-corrected chi connectivity index (χ2v) is 12.3. The molecule has 4 aromatic rings. The summed E-state index contributed by atoms with van der Waals surface area (Å²) in [4.78, 5) is 13.1. The van der Waals surface area contributed by atoms with Crippen molar-refractivity contribution in [1.29, 1.82) is 5.26 Å². The van der Waals surface area contributed by atoms with E-state index in [9.17, 15) is 10.1 Å². The van der Waals surface area contributed by atoms with Crippen molar-refractivity contribution < 1.29 is 28.5 Å². The molecule has 1 aliphatic heterocycles. The van der Waals surface area contributed by atoms with E-state index in [4.69, 9.17) is 75.8 Å². The van der Waals surface area contributed by atoms with E-state index in [1.165, 1.54) is 18.2 Å². The van der Waals surface area contributed by atoms with Crippen molar-refractivity contribution >= 4 is 52.4 Å². The van der Waals surface area contributed by atoms with Crippen LogP contribution in [0.1, 0.15) is 59.7 Å². The Morgan fingerprint density at radius 1 is 0.896 bits per heavy atom. The first-order valence-corrected chi connectivity index (χ1v) is 16.5. The van der Waals surface area contributed by atoms with Crippen LogP contribution in [-0.2, 0) is 6.61 Å². The van der Waals surface area contributed by atoms with Crippen molar-refractivity contribution in [3.63, 3.8) is 0 Å². The predicted molar refractivity (Wildman–Crippen MR) is 186 cm³/mol. The van der Waals surface area contributed by atoms with Crippen LogP contribution in [0.3, 0.4) is 0 Å². The number of esters is 1. The minimum absolute atomic E-state index is 0.0774. The number of nitrogens with two attached hydrogens (primary N) is 1. The number of carbonyl (C=O) groups excluding carboxylic acids is 1. The molecule has 5 rings (SSSR count). The monoisotopic (exact) mass is 726 g/mol. The molecule has 0 aromatic heterocycles. The number of halogens is 4. The fourth-order valence-electron chi connectivity index (χ4n) is 5.03. The molecule has 1 heterocycles. The number of nitriles is 1. The van der Waals surface area contributed by atoms with Gasteiger partial charge >= 0.3 is 5.97 Å². The minimum Gasteiger partial charge on any atom is -0.490 e. The number of allylic oxidation sites excluding steroid dienone is 1. The van der Waals surface area contributed by atoms with E-state index < -0.39 is 11.9 Å². The molecule has 1 aliphatic rings. The number of unbranched alkanes of at least 4 members (excludes halogenated alkanes) is 1. The van der Waals surface area contributed by atoms with Gasteiger partial charge in [-0.25, -0.2) is 4.79 Å². The van der Waals surface area contributed by atoms with E-state index >= 15 is 0 Å². The second kappa shape index (κ2) is 15.8. The van der Waals surface area contributed by atoms with Crippen LogP contribution in [0.2, 0.25) is 20.1 Å². The quantitative estimate of drug-likeness (QED) is 0.0872. The van der Waals surface area contributed by atoms with Crippen LogP contribution in [0.15, 0.2) is 78.2 Å². The van der Waals surface area contributed by atoms with E-state index in [0.717, 1.165) is 18.4 Å². The van der Waals surface area contributed by atoms with E-state index in [1.54, 1.807) is 42.5 Å². The summed E-state index contributed by atoms with van der Waals surface area (Å²) in [5.74, 6) is 0.376. The van der Waals surface area contributed by atoms with Gasteiger partial charge in [0.2, 0.25) is 5.88 Å². The van der Waals surface area contributed by atoms with E-state index in [0.29, 0.717) is 57.4 Å². The van der Waals surface area contributed by atoms with Crippen LogP contribution in [0.4, 0.5) is 0 Å². The Morgan fingerprint density at radius 2 is 1.67 bits per heavy atom. The highest BCUT2D eigenvalue weighted by Gasteiger charge is 2.32. The van der Waals surface area contributed by atoms with Crippen LogP contribution >= 0.6 is 46.4 Å². The van der Waals surface area contributed by atoms with E-state index in [2.05, 4.69) is 6.07 Å². The Balaban J connectivity index is 1.40. The molecule has 248 valence electrons. The van der Waals surface area contributed by atoms with Gasteiger partial charge in [0.05, 0.1) is 34.7 Å². The summed E-state index contributed by atoms with van der Waals surface area (Å²) in [7, 11) is 0. The summed E-state index contributed by atoms with van der Waals surface area (Å²) in [5, 5.41) is 11.5. The van der Waals surface area contributed by atoms with Crippen molar-refractivity contribution in [2.45, 2.75) is 39.2 Å². The SMILES string of the molecule is CCCCOc1c(Cl)cc(C(=O)Oc2ccc3c(c2)OC(N)=C(C#N)C3c2ccc(OCc3ccc(Cl)cc3Cl)c(OCC)c2)cc1Cl. The number of nitrogens with zero attached hydrogens (tertiary/aromatic N) is 1. The Hall–Kier alpha value is -4.26. The van der Waals surface area contributed by atoms with Gasteiger partial charge in [-0.15, -0.1) is 0 Å². The summed E-state index contributed by atoms with van der Waals surface area (Å²) in [6.07, 6.45) is 1.78. The molecule has 8 nitrogen and oxygen atoms in total. The maximum Gasteiger partial charge on any atom is 0.343 e. The lowest BCUT2D eigenvalue weighted by atomic mass is 9.83. The van der Waals surface area contributed by atoms with E-state index in [-0.39, 0.29) is 39.4 Å². The molecule has 0 saturated heterocycles. The molecular formula is C36H30Cl4N2O6. The molecule has 0 spiro atoms. The van der Waals surface area contributed by atoms with Crippen LogP contribution < -0.4 is 29.4 Å². The number of ether oxygens (including phenoxy) is 5. The topological polar surface area (TPSA) is 113 Å². The first-order chi connectivity index (χ1) is 23.1. The zero-order valence-electron chi connectivity index (χ0n) is 25.9. The van der Waals surface area contributed by atoms with Crippen molar-refractivity contribution in [3.8, 4) is 34.8 Å². The van der Waals surface area contributed by atoms with Gasteiger partial charge in [-0.3, -0.25) is 0 Å². The molecule has 0 fully saturated rings. The highest BCUT2D eigenvalue weighted by Crippen LogP contribution is 2.45. The van der Waals surface area contributed by atoms with Gasteiger partial charge in [0.25, 0.3) is 0 Å². The molecule has 0 radical (unpaired) electrons. The Labute approximate surface area is 298 Å². The predicted octanol–water partition coefficient (Wildman–Crippen LogP) is 9.89. The number of fused-ring (bicyclic) bond motifs is 1. The number of carbonyl (C=O) groups is 1. The summed E-state index contributed by atoms with van der Waals surface area (Å²) in [6.45, 7) is 4.90. The summed E-state index contributed by atoms with van der Waals surface area (Å²) < 4.78 is 29.1. The minimum atomic E-state index is -0.690. The van der Waals surface area contributed by atoms with Crippen LogP contribution in [0, 0.1) is 11.3 Å². The molecule has 2 N–H and O–H groups in total. The van der Waals surface area contributed by atoms with Gasteiger partial charge in [0.15, 0.2) is 17.2 Å². The lowest BCUT2D eigenvalue weighted by Gasteiger charge is -2.27. The van der Waals surface area contributed by atoms with Gasteiger partial charge in [-0.2, -0.15) is 5.26 Å². The van der Waals surface area contributed by atoms with Crippen molar-refractivity contribution in [2.75, 3.05) is 13.2 Å². The highest BCUT2D eigenvalue weighted by atomic mass is 35.5. The molecule has 12 heteroatoms. The van der Waals surface area contributed by atoms with Crippen LogP contribution in [-0.4, -0.2) is 19.2 Å². The standard InChI is InChI=1S/C36H30Cl4N2O6/c1-3-5-12-45-34-28(39)13-22(14-29(34)40)36(43)47-24-9-10-25-31(17-24)48-35(42)26(18-41)33(25)20-7-11-30(32(15-20)44-4-2)46-19-21-6-8-23(37)16-27(21)38/h6-11,13-17,33H,3-5,12,19,42H2,1-2H3. The molecule has 4 aromatic carbocycles. The summed E-state index contributed by atoms with van der Waals surface area (Å²) in [5.41, 5.74) is 8.67. The second-order valence-electron chi connectivity index (χ2n) is 10.6. The summed E-state index contributed by atoms with van der Waals surface area (Å²) >= 11 is 25.1. The normalized spacial score (nSPS) is 13.6. The fourth-order valence-corrected chi connectivity index (χ4v) is 6.09. The molecule has 48 heavy (non-hydrogen) atoms. The molecule has 1 unspecified atom stereocenters. The smallest absolute Gasteiger partial charge is 0.343 e. The Morgan fingerprint density at radius 3 is 2.35 bits per heavy atom. The first-order valence-electron chi connectivity index (χ1n) is 15.0. The molecule has 0 aliphatic carbocycles. The van der Waals surface area contributed by atoms with Crippen LogP contribution in [0.25, 0.3) is 0 Å². The Bertz CT molecular complexity index is 1900. The molecule has 1 atom stereocenters. The largest absolute Gasteiger partial charge is 0.490 e. The number of hydrogen-bond donors (Lipinski definition) is 1. The van der Waals surface area contributed by atoms with Gasteiger partial charge < -0.3 is 29.4 Å². The van der Waals surface area contributed by atoms with Crippen LogP contribution in [0.5, 0.6) is 28.7 Å². The maximum atomic E-state index is 13.1. The fraction of sp³-hybridized carbons (Fsp3) is 0.222. The van der Waals surface area contributed by atoms with Crippen molar-refractivity contribution in [1.82, 2.24) is 0 Å². The third kappa shape index (κ3) is 7.88. The zero-order valence-corrected chi connectivity index (χ0v) is 29.0. The number of benzene rings is 4. The van der Waals surface area contributed by atoms with Gasteiger partial charge in [-0.05, 0) is 61.4 Å². The third-order valence-corrected chi connectivity index (χ3v) is 8.53. The van der Waals surface area contributed by atoms with E-state index in [1.807, 2.05) is 19.9 Å². The maximum absolute atomic E-state index is 13.1. The highest BCUT2D eigenvalue weighted by molar-refractivity contribution is 6.37. The summed E-state index contributed by atoms with van der Waals surface area (Å²) in [6, 6.07) is 20.5. The molecule has 0 bridgehead atoms. The average molecular weight is 728 g/mol. The molecule has 0 saturated carbocycles. The Kier molecular flexibility index (Phi) is 11.5.